The van der Waals surface area contributed by atoms with E-state index in [1.165, 1.54) is 12.1 Å². The first kappa shape index (κ1) is 13.9. The lowest BCUT2D eigenvalue weighted by Crippen LogP contribution is -2.19. The van der Waals surface area contributed by atoms with Crippen molar-refractivity contribution in [2.75, 3.05) is 0 Å². The maximum Gasteiger partial charge on any atom is 0.271 e. The Labute approximate surface area is 117 Å². The molecule has 0 aliphatic heterocycles. The van der Waals surface area contributed by atoms with Crippen LogP contribution in [0, 0.1) is 12.7 Å². The normalized spacial score (nSPS) is 11.2. The van der Waals surface area contributed by atoms with Crippen molar-refractivity contribution in [3.63, 3.8) is 0 Å². The summed E-state index contributed by atoms with van der Waals surface area (Å²) in [6.07, 6.45) is 0. The van der Waals surface area contributed by atoms with Gasteiger partial charge in [0.1, 0.15) is 5.82 Å². The van der Waals surface area contributed by atoms with E-state index < -0.39 is 0 Å². The number of hydrogen-bond donors (Lipinski definition) is 1. The first-order valence-electron chi connectivity index (χ1n) is 6.23. The van der Waals surface area contributed by atoms with E-state index in [0.29, 0.717) is 11.3 Å². The van der Waals surface area contributed by atoms with Crippen LogP contribution < -0.4 is 5.43 Å². The molecule has 2 rings (SSSR count). The summed E-state index contributed by atoms with van der Waals surface area (Å²) in [7, 11) is 0. The average Bonchev–Trinajstić information content (AvgIpc) is 2.46. The highest BCUT2D eigenvalue weighted by Gasteiger charge is 2.04. The zero-order valence-electron chi connectivity index (χ0n) is 11.4. The molecular weight excluding hydrogens is 255 g/mol. The Morgan fingerprint density at radius 3 is 2.15 bits per heavy atom. The van der Waals surface area contributed by atoms with E-state index in [2.05, 4.69) is 10.5 Å². The molecule has 0 bridgehead atoms. The molecule has 3 nitrogen and oxygen atoms in total. The van der Waals surface area contributed by atoms with Gasteiger partial charge in [-0.2, -0.15) is 5.10 Å². The number of aryl methyl sites for hydroxylation is 1. The highest BCUT2D eigenvalue weighted by atomic mass is 19.1. The molecule has 0 spiro atoms. The van der Waals surface area contributed by atoms with Crippen LogP contribution in [0.4, 0.5) is 4.39 Å². The van der Waals surface area contributed by atoms with Gasteiger partial charge < -0.3 is 0 Å². The molecule has 4 heteroatoms. The Hall–Kier alpha value is -2.49. The Bertz CT molecular complexity index is 631. The van der Waals surface area contributed by atoms with E-state index in [4.69, 9.17) is 0 Å². The molecule has 2 aromatic rings. The van der Waals surface area contributed by atoms with Gasteiger partial charge >= 0.3 is 0 Å². The highest BCUT2D eigenvalue weighted by Crippen LogP contribution is 2.05. The Kier molecular flexibility index (Phi) is 4.25. The zero-order valence-corrected chi connectivity index (χ0v) is 11.4. The van der Waals surface area contributed by atoms with E-state index >= 15 is 0 Å². The molecule has 2 aromatic carbocycles. The van der Waals surface area contributed by atoms with Gasteiger partial charge in [-0.3, -0.25) is 4.79 Å². The molecule has 1 amide bonds. The number of amides is 1. The molecule has 1 N–H and O–H groups in total. The maximum atomic E-state index is 12.8. The van der Waals surface area contributed by atoms with Crippen molar-refractivity contribution in [1.29, 1.82) is 0 Å². The second-order valence-electron chi connectivity index (χ2n) is 4.51. The van der Waals surface area contributed by atoms with Gasteiger partial charge in [-0.25, -0.2) is 9.82 Å². The summed E-state index contributed by atoms with van der Waals surface area (Å²) >= 11 is 0. The molecule has 0 aliphatic rings. The first-order valence-corrected chi connectivity index (χ1v) is 6.23. The quantitative estimate of drug-likeness (QED) is 0.675. The number of nitrogens with zero attached hydrogens (tertiary/aromatic N) is 1. The van der Waals surface area contributed by atoms with E-state index in [9.17, 15) is 9.18 Å². The fourth-order valence-corrected chi connectivity index (χ4v) is 1.66. The Morgan fingerprint density at radius 2 is 1.55 bits per heavy atom. The minimum Gasteiger partial charge on any atom is -0.267 e. The Morgan fingerprint density at radius 1 is 1.00 bits per heavy atom. The molecule has 0 saturated heterocycles. The number of hydrogen-bond acceptors (Lipinski definition) is 2. The van der Waals surface area contributed by atoms with Crippen LogP contribution in [-0.2, 0) is 0 Å². The standard InChI is InChI=1S/C16H15FN2O/c1-11-3-5-14(6-4-11)16(20)19-18-12(2)13-7-9-15(17)10-8-13/h3-10H,1-2H3,(H,19,20)/b18-12-. The van der Waals surface area contributed by atoms with Gasteiger partial charge in [0.25, 0.3) is 5.91 Å². The lowest BCUT2D eigenvalue weighted by molar-refractivity contribution is 0.0955. The van der Waals surface area contributed by atoms with Crippen LogP contribution in [0.5, 0.6) is 0 Å². The number of hydrazone groups is 1. The smallest absolute Gasteiger partial charge is 0.267 e. The van der Waals surface area contributed by atoms with E-state index in [1.54, 1.807) is 31.2 Å². The number of carbonyl (C=O) groups is 1. The Balaban J connectivity index is 2.06. The third-order valence-corrected chi connectivity index (χ3v) is 2.90. The van der Waals surface area contributed by atoms with E-state index in [1.807, 2.05) is 19.1 Å². The molecule has 0 atom stereocenters. The molecule has 0 saturated carbocycles. The summed E-state index contributed by atoms with van der Waals surface area (Å²) in [5.41, 5.74) is 5.50. The van der Waals surface area contributed by atoms with Crippen LogP contribution in [0.15, 0.2) is 53.6 Å². The molecule has 102 valence electrons. The average molecular weight is 270 g/mol. The fraction of sp³-hybridized carbons (Fsp3) is 0.125. The van der Waals surface area contributed by atoms with Gasteiger partial charge in [0.05, 0.1) is 5.71 Å². The first-order chi connectivity index (χ1) is 9.56. The molecule has 20 heavy (non-hydrogen) atoms. The monoisotopic (exact) mass is 270 g/mol. The van der Waals surface area contributed by atoms with Crippen molar-refractivity contribution in [1.82, 2.24) is 5.43 Å². The van der Waals surface area contributed by atoms with Gasteiger partial charge in [0.2, 0.25) is 0 Å². The SMILES string of the molecule is C/C(=N/NC(=O)c1ccc(C)cc1)c1ccc(F)cc1. The summed E-state index contributed by atoms with van der Waals surface area (Å²) in [6.45, 7) is 3.71. The van der Waals surface area contributed by atoms with E-state index in [-0.39, 0.29) is 11.7 Å². The second-order valence-corrected chi connectivity index (χ2v) is 4.51. The zero-order chi connectivity index (χ0) is 14.5. The summed E-state index contributed by atoms with van der Waals surface area (Å²) in [6, 6.07) is 13.2. The van der Waals surface area contributed by atoms with Crippen molar-refractivity contribution in [2.45, 2.75) is 13.8 Å². The molecule has 0 fully saturated rings. The number of halogens is 1. The second kappa shape index (κ2) is 6.10. The van der Waals surface area contributed by atoms with Crippen LogP contribution in [0.1, 0.15) is 28.4 Å². The van der Waals surface area contributed by atoms with Gasteiger partial charge in [0, 0.05) is 5.56 Å². The lowest BCUT2D eigenvalue weighted by atomic mass is 10.1. The molecular formula is C16H15FN2O. The molecule has 0 unspecified atom stereocenters. The van der Waals surface area contributed by atoms with Gasteiger partial charge in [-0.05, 0) is 43.7 Å². The van der Waals surface area contributed by atoms with Crippen molar-refractivity contribution < 1.29 is 9.18 Å². The fourth-order valence-electron chi connectivity index (χ4n) is 1.66. The van der Waals surface area contributed by atoms with Crippen molar-refractivity contribution in [3.8, 4) is 0 Å². The van der Waals surface area contributed by atoms with Crippen LogP contribution >= 0.6 is 0 Å². The molecule has 0 aliphatic carbocycles. The van der Waals surface area contributed by atoms with Crippen LogP contribution in [0.25, 0.3) is 0 Å². The summed E-state index contributed by atoms with van der Waals surface area (Å²) < 4.78 is 12.8. The predicted molar refractivity (Wildman–Crippen MR) is 77.3 cm³/mol. The molecule has 0 aromatic heterocycles. The number of nitrogens with one attached hydrogen (secondary N) is 1. The van der Waals surface area contributed by atoms with Crippen LogP contribution in [0.2, 0.25) is 0 Å². The van der Waals surface area contributed by atoms with Gasteiger partial charge in [-0.1, -0.05) is 29.8 Å². The van der Waals surface area contributed by atoms with Gasteiger partial charge in [0.15, 0.2) is 0 Å². The summed E-state index contributed by atoms with van der Waals surface area (Å²) in [5, 5.41) is 4.02. The third-order valence-electron chi connectivity index (χ3n) is 2.90. The summed E-state index contributed by atoms with van der Waals surface area (Å²) in [4.78, 5) is 11.9. The van der Waals surface area contributed by atoms with Crippen molar-refractivity contribution in [2.24, 2.45) is 5.10 Å². The van der Waals surface area contributed by atoms with E-state index in [0.717, 1.165) is 11.1 Å². The molecule has 0 radical (unpaired) electrons. The number of carbonyl (C=O) groups excluding carboxylic acids is 1. The highest BCUT2D eigenvalue weighted by molar-refractivity contribution is 6.00. The van der Waals surface area contributed by atoms with Gasteiger partial charge in [-0.15, -0.1) is 0 Å². The van der Waals surface area contributed by atoms with Crippen LogP contribution in [-0.4, -0.2) is 11.6 Å². The third kappa shape index (κ3) is 3.51. The minimum absolute atomic E-state index is 0.272. The lowest BCUT2D eigenvalue weighted by Gasteiger charge is -2.03. The minimum atomic E-state index is -0.301. The number of benzene rings is 2. The van der Waals surface area contributed by atoms with Crippen molar-refractivity contribution in [3.05, 3.63) is 71.0 Å². The molecule has 0 heterocycles. The predicted octanol–water partition coefficient (Wildman–Crippen LogP) is 3.29. The maximum absolute atomic E-state index is 12.8. The van der Waals surface area contributed by atoms with Crippen LogP contribution in [0.3, 0.4) is 0 Å². The van der Waals surface area contributed by atoms with Crippen molar-refractivity contribution >= 4 is 11.6 Å². The topological polar surface area (TPSA) is 41.5 Å². The summed E-state index contributed by atoms with van der Waals surface area (Å²) in [5.74, 6) is -0.572. The largest absolute Gasteiger partial charge is 0.271 e. The number of rotatable bonds is 3.